The number of amides is 1. The van der Waals surface area contributed by atoms with Gasteiger partial charge in [-0.3, -0.25) is 9.69 Å². The Morgan fingerprint density at radius 3 is 2.92 bits per heavy atom. The highest BCUT2D eigenvalue weighted by Crippen LogP contribution is 2.38. The maximum atomic E-state index is 11.8. The first kappa shape index (κ1) is 9.00. The summed E-state index contributed by atoms with van der Waals surface area (Å²) in [4.78, 5) is 16.1. The summed E-state index contributed by atoms with van der Waals surface area (Å²) in [6.07, 6.45) is 3.25. The smallest absolute Gasteiger partial charge is 0.241 e. The normalized spacial score (nSPS) is 40.1. The number of rotatable bonds is 1. The van der Waals surface area contributed by atoms with Gasteiger partial charge in [0.05, 0.1) is 11.7 Å². The molecule has 2 fully saturated rings. The zero-order valence-corrected chi connectivity index (χ0v) is 8.71. The highest BCUT2D eigenvalue weighted by molar-refractivity contribution is 5.85. The Morgan fingerprint density at radius 1 is 1.62 bits per heavy atom. The number of hydrogen-bond acceptors (Lipinski definition) is 2. The summed E-state index contributed by atoms with van der Waals surface area (Å²) in [7, 11) is 1.93. The minimum absolute atomic E-state index is 0.0156. The van der Waals surface area contributed by atoms with Gasteiger partial charge in [0.25, 0.3) is 0 Å². The van der Waals surface area contributed by atoms with Crippen LogP contribution in [0.1, 0.15) is 33.1 Å². The molecule has 0 aromatic carbocycles. The first-order valence-corrected chi connectivity index (χ1v) is 5.15. The lowest BCUT2D eigenvalue weighted by Crippen LogP contribution is -2.49. The van der Waals surface area contributed by atoms with Gasteiger partial charge in [-0.15, -0.1) is 0 Å². The van der Waals surface area contributed by atoms with Crippen LogP contribution in [0.4, 0.5) is 0 Å². The standard InChI is InChI=1S/C10H18N2O/c1-4-10(2)11(3)9(13)8-6-5-7-12(8)10/h8H,4-7H2,1-3H3. The van der Waals surface area contributed by atoms with Crippen molar-refractivity contribution in [3.63, 3.8) is 0 Å². The van der Waals surface area contributed by atoms with Gasteiger partial charge in [0.1, 0.15) is 0 Å². The molecule has 2 atom stereocenters. The zero-order valence-electron chi connectivity index (χ0n) is 8.71. The predicted octanol–water partition coefficient (Wildman–Crippen LogP) is 1.05. The van der Waals surface area contributed by atoms with E-state index in [0.717, 1.165) is 19.4 Å². The molecule has 2 saturated heterocycles. The number of fused-ring (bicyclic) bond motifs is 1. The molecule has 3 heteroatoms. The van der Waals surface area contributed by atoms with Gasteiger partial charge in [-0.2, -0.15) is 0 Å². The van der Waals surface area contributed by atoms with Crippen molar-refractivity contribution in [3.8, 4) is 0 Å². The molecule has 2 unspecified atom stereocenters. The second-order valence-corrected chi connectivity index (χ2v) is 4.32. The Morgan fingerprint density at radius 2 is 2.31 bits per heavy atom. The second-order valence-electron chi connectivity index (χ2n) is 4.32. The summed E-state index contributed by atoms with van der Waals surface area (Å²) >= 11 is 0. The van der Waals surface area contributed by atoms with E-state index in [9.17, 15) is 4.79 Å². The van der Waals surface area contributed by atoms with Gasteiger partial charge in [0, 0.05) is 13.6 Å². The molecule has 2 heterocycles. The van der Waals surface area contributed by atoms with Crippen molar-refractivity contribution in [1.82, 2.24) is 9.80 Å². The summed E-state index contributed by atoms with van der Waals surface area (Å²) < 4.78 is 0. The second kappa shape index (κ2) is 2.71. The Kier molecular flexibility index (Phi) is 1.88. The minimum atomic E-state index is -0.0156. The molecule has 2 rings (SSSR count). The first-order valence-electron chi connectivity index (χ1n) is 5.15. The lowest BCUT2D eigenvalue weighted by Gasteiger charge is -2.37. The lowest BCUT2D eigenvalue weighted by molar-refractivity contribution is -0.130. The molecule has 0 bridgehead atoms. The van der Waals surface area contributed by atoms with Gasteiger partial charge in [-0.25, -0.2) is 0 Å². The van der Waals surface area contributed by atoms with Crippen LogP contribution in [-0.2, 0) is 4.79 Å². The third-order valence-electron chi connectivity index (χ3n) is 3.88. The van der Waals surface area contributed by atoms with E-state index < -0.39 is 0 Å². The summed E-state index contributed by atoms with van der Waals surface area (Å²) in [5, 5.41) is 0. The molecule has 0 spiro atoms. The molecule has 74 valence electrons. The fourth-order valence-corrected chi connectivity index (χ4v) is 2.69. The van der Waals surface area contributed by atoms with Crippen molar-refractivity contribution in [1.29, 1.82) is 0 Å². The quantitative estimate of drug-likeness (QED) is 0.605. The lowest BCUT2D eigenvalue weighted by atomic mass is 10.1. The van der Waals surface area contributed by atoms with Gasteiger partial charge in [0.2, 0.25) is 5.91 Å². The van der Waals surface area contributed by atoms with Crippen LogP contribution >= 0.6 is 0 Å². The Bertz CT molecular complexity index is 237. The van der Waals surface area contributed by atoms with E-state index in [2.05, 4.69) is 18.7 Å². The average molecular weight is 182 g/mol. The number of nitrogens with zero attached hydrogens (tertiary/aromatic N) is 2. The number of carbonyl (C=O) groups is 1. The van der Waals surface area contributed by atoms with Gasteiger partial charge in [0.15, 0.2) is 0 Å². The average Bonchev–Trinajstić information content (AvgIpc) is 2.67. The van der Waals surface area contributed by atoms with Crippen LogP contribution in [0.15, 0.2) is 0 Å². The van der Waals surface area contributed by atoms with E-state index in [0.29, 0.717) is 5.91 Å². The number of carbonyl (C=O) groups excluding carboxylic acids is 1. The van der Waals surface area contributed by atoms with Crippen LogP contribution in [0.5, 0.6) is 0 Å². The van der Waals surface area contributed by atoms with Gasteiger partial charge in [-0.05, 0) is 26.2 Å². The summed E-state index contributed by atoms with van der Waals surface area (Å²) in [5.74, 6) is 0.321. The van der Waals surface area contributed by atoms with E-state index in [4.69, 9.17) is 0 Å². The Labute approximate surface area is 79.7 Å². The molecule has 1 amide bonds. The van der Waals surface area contributed by atoms with E-state index in [1.54, 1.807) is 0 Å². The van der Waals surface area contributed by atoms with Gasteiger partial charge < -0.3 is 4.90 Å². The van der Waals surface area contributed by atoms with E-state index in [-0.39, 0.29) is 11.7 Å². The fraction of sp³-hybridized carbons (Fsp3) is 0.900. The third kappa shape index (κ3) is 0.966. The summed E-state index contributed by atoms with van der Waals surface area (Å²) in [6, 6.07) is 0.190. The van der Waals surface area contributed by atoms with Crippen LogP contribution in [0.3, 0.4) is 0 Å². The van der Waals surface area contributed by atoms with Crippen LogP contribution in [0.25, 0.3) is 0 Å². The molecular weight excluding hydrogens is 164 g/mol. The van der Waals surface area contributed by atoms with E-state index >= 15 is 0 Å². The summed E-state index contributed by atoms with van der Waals surface area (Å²) in [5.41, 5.74) is -0.0156. The minimum Gasteiger partial charge on any atom is -0.326 e. The van der Waals surface area contributed by atoms with Crippen molar-refractivity contribution >= 4 is 5.91 Å². The van der Waals surface area contributed by atoms with Gasteiger partial charge >= 0.3 is 0 Å². The molecule has 0 saturated carbocycles. The Hall–Kier alpha value is -0.570. The van der Waals surface area contributed by atoms with Crippen LogP contribution in [0, 0.1) is 0 Å². The number of likely N-dealkylation sites (N-methyl/N-ethyl adjacent to an activating group) is 1. The van der Waals surface area contributed by atoms with E-state index in [1.165, 1.54) is 6.42 Å². The first-order chi connectivity index (χ1) is 6.11. The molecule has 13 heavy (non-hydrogen) atoms. The fourth-order valence-electron chi connectivity index (χ4n) is 2.69. The van der Waals surface area contributed by atoms with Crippen molar-refractivity contribution in [2.24, 2.45) is 0 Å². The largest absolute Gasteiger partial charge is 0.326 e. The zero-order chi connectivity index (χ0) is 9.64. The van der Waals surface area contributed by atoms with Crippen molar-refractivity contribution in [2.45, 2.75) is 44.8 Å². The Balaban J connectivity index is 2.33. The van der Waals surface area contributed by atoms with Crippen molar-refractivity contribution < 1.29 is 4.79 Å². The highest BCUT2D eigenvalue weighted by atomic mass is 16.2. The molecule has 3 nitrogen and oxygen atoms in total. The predicted molar refractivity (Wildman–Crippen MR) is 51.2 cm³/mol. The molecule has 0 aromatic heterocycles. The topological polar surface area (TPSA) is 23.6 Å². The van der Waals surface area contributed by atoms with Crippen LogP contribution in [0.2, 0.25) is 0 Å². The third-order valence-corrected chi connectivity index (χ3v) is 3.88. The maximum Gasteiger partial charge on any atom is 0.241 e. The van der Waals surface area contributed by atoms with Crippen molar-refractivity contribution in [3.05, 3.63) is 0 Å². The highest BCUT2D eigenvalue weighted by Gasteiger charge is 2.52. The molecular formula is C10H18N2O. The van der Waals surface area contributed by atoms with Crippen LogP contribution in [-0.4, -0.2) is 41.0 Å². The molecule has 2 aliphatic rings. The van der Waals surface area contributed by atoms with Crippen LogP contribution < -0.4 is 0 Å². The molecule has 2 aliphatic heterocycles. The van der Waals surface area contributed by atoms with E-state index in [1.807, 2.05) is 11.9 Å². The van der Waals surface area contributed by atoms with Gasteiger partial charge in [-0.1, -0.05) is 6.92 Å². The molecule has 0 aromatic rings. The monoisotopic (exact) mass is 182 g/mol. The molecule has 0 radical (unpaired) electrons. The number of hydrogen-bond donors (Lipinski definition) is 0. The SMILES string of the molecule is CCC1(C)N(C)C(=O)C2CCCN21. The maximum absolute atomic E-state index is 11.8. The van der Waals surface area contributed by atoms with Crippen molar-refractivity contribution in [2.75, 3.05) is 13.6 Å². The molecule has 0 N–H and O–H groups in total. The molecule has 0 aliphatic carbocycles. The summed E-state index contributed by atoms with van der Waals surface area (Å²) in [6.45, 7) is 5.42.